The van der Waals surface area contributed by atoms with Gasteiger partial charge in [0.1, 0.15) is 28.8 Å². The van der Waals surface area contributed by atoms with Gasteiger partial charge in [-0.05, 0) is 36.4 Å². The Labute approximate surface area is 125 Å². The average Bonchev–Trinajstić information content (AvgIpc) is 2.97. The number of hydrogen-bond acceptors (Lipinski definition) is 4. The van der Waals surface area contributed by atoms with Crippen LogP contribution in [0, 0.1) is 5.82 Å². The molecule has 0 saturated heterocycles. The predicted molar refractivity (Wildman–Crippen MR) is 78.7 cm³/mol. The molecule has 2 N–H and O–H groups in total. The van der Waals surface area contributed by atoms with E-state index < -0.39 is 0 Å². The smallest absolute Gasteiger partial charge is 0.173 e. The number of methoxy groups -OCH3 is 1. The highest BCUT2D eigenvalue weighted by Gasteiger charge is 2.15. The third-order valence-corrected chi connectivity index (χ3v) is 3.11. The lowest BCUT2D eigenvalue weighted by Gasteiger charge is -2.08. The summed E-state index contributed by atoms with van der Waals surface area (Å²) in [6.45, 7) is 0. The Morgan fingerprint density at radius 2 is 1.82 bits per heavy atom. The molecule has 0 aliphatic heterocycles. The summed E-state index contributed by atoms with van der Waals surface area (Å²) in [5.41, 5.74) is 0.948. The second-order valence-electron chi connectivity index (χ2n) is 4.54. The number of phenolic OH excluding ortho intramolecular Hbond substituents is 1. The van der Waals surface area contributed by atoms with Gasteiger partial charge in [0.2, 0.25) is 0 Å². The molecule has 3 aromatic rings. The van der Waals surface area contributed by atoms with Crippen molar-refractivity contribution in [2.45, 2.75) is 0 Å². The molecule has 0 spiro atoms. The minimum absolute atomic E-state index is 0.0235. The van der Waals surface area contributed by atoms with E-state index in [0.29, 0.717) is 28.5 Å². The zero-order valence-corrected chi connectivity index (χ0v) is 11.7. The Hall–Kier alpha value is -3.02. The number of aromatic hydroxyl groups is 1. The Kier molecular flexibility index (Phi) is 3.65. The molecule has 0 radical (unpaired) electrons. The number of aromatic nitrogens is 2. The molecule has 0 unspecified atom stereocenters. The van der Waals surface area contributed by atoms with Crippen LogP contribution in [0.15, 0.2) is 48.7 Å². The van der Waals surface area contributed by atoms with Crippen LogP contribution in [-0.4, -0.2) is 22.4 Å². The molecule has 22 heavy (non-hydrogen) atoms. The highest BCUT2D eigenvalue weighted by atomic mass is 19.1. The molecule has 0 bridgehead atoms. The van der Waals surface area contributed by atoms with Crippen molar-refractivity contribution in [3.8, 4) is 34.3 Å². The summed E-state index contributed by atoms with van der Waals surface area (Å²) >= 11 is 0. The molecule has 0 aliphatic carbocycles. The summed E-state index contributed by atoms with van der Waals surface area (Å²) in [7, 11) is 1.52. The monoisotopic (exact) mass is 300 g/mol. The van der Waals surface area contributed by atoms with Gasteiger partial charge in [0.05, 0.1) is 13.3 Å². The van der Waals surface area contributed by atoms with Crippen molar-refractivity contribution >= 4 is 0 Å². The van der Waals surface area contributed by atoms with Crippen LogP contribution in [0.4, 0.5) is 4.39 Å². The summed E-state index contributed by atoms with van der Waals surface area (Å²) in [6.07, 6.45) is 1.56. The van der Waals surface area contributed by atoms with Gasteiger partial charge in [0, 0.05) is 11.6 Å². The van der Waals surface area contributed by atoms with Crippen molar-refractivity contribution in [2.75, 3.05) is 7.11 Å². The van der Waals surface area contributed by atoms with Crippen molar-refractivity contribution in [1.82, 2.24) is 10.2 Å². The zero-order chi connectivity index (χ0) is 15.5. The molecule has 1 aromatic heterocycles. The van der Waals surface area contributed by atoms with Gasteiger partial charge >= 0.3 is 0 Å². The molecule has 2 aromatic carbocycles. The van der Waals surface area contributed by atoms with Gasteiger partial charge in [0.25, 0.3) is 0 Å². The van der Waals surface area contributed by atoms with Crippen LogP contribution < -0.4 is 9.47 Å². The van der Waals surface area contributed by atoms with E-state index in [1.54, 1.807) is 18.3 Å². The molecule has 0 saturated carbocycles. The molecule has 0 amide bonds. The molecular weight excluding hydrogens is 287 g/mol. The van der Waals surface area contributed by atoms with E-state index in [4.69, 9.17) is 9.47 Å². The Morgan fingerprint density at radius 3 is 2.50 bits per heavy atom. The van der Waals surface area contributed by atoms with E-state index in [1.165, 1.54) is 37.4 Å². The molecule has 0 atom stereocenters. The fraction of sp³-hybridized carbons (Fsp3) is 0.0625. The normalized spacial score (nSPS) is 10.5. The van der Waals surface area contributed by atoms with Crippen LogP contribution >= 0.6 is 0 Å². The summed E-state index contributed by atoms with van der Waals surface area (Å²) < 4.78 is 23.6. The van der Waals surface area contributed by atoms with E-state index in [1.807, 2.05) is 0 Å². The van der Waals surface area contributed by atoms with Crippen LogP contribution in [0.25, 0.3) is 11.3 Å². The lowest BCUT2D eigenvalue weighted by molar-refractivity contribution is 0.408. The van der Waals surface area contributed by atoms with Gasteiger partial charge in [-0.3, -0.25) is 5.10 Å². The number of aromatic amines is 1. The Bertz CT molecular complexity index is 784. The zero-order valence-electron chi connectivity index (χ0n) is 11.7. The van der Waals surface area contributed by atoms with Crippen LogP contribution in [0.2, 0.25) is 0 Å². The summed E-state index contributed by atoms with van der Waals surface area (Å²) in [5, 5.41) is 16.9. The summed E-state index contributed by atoms with van der Waals surface area (Å²) in [6, 6.07) is 10.5. The van der Waals surface area contributed by atoms with Gasteiger partial charge in [-0.15, -0.1) is 0 Å². The first-order chi connectivity index (χ1) is 10.7. The summed E-state index contributed by atoms with van der Waals surface area (Å²) in [4.78, 5) is 0. The number of ether oxygens (including phenoxy) is 2. The SMILES string of the molecule is COc1ccc(-c2n[nH]cc2Oc2ccc(F)cc2)c(O)c1. The number of nitrogens with zero attached hydrogens (tertiary/aromatic N) is 1. The minimum Gasteiger partial charge on any atom is -0.507 e. The van der Waals surface area contributed by atoms with Gasteiger partial charge in [-0.1, -0.05) is 0 Å². The van der Waals surface area contributed by atoms with Crippen molar-refractivity contribution < 1.29 is 19.0 Å². The van der Waals surface area contributed by atoms with Crippen LogP contribution in [0.5, 0.6) is 23.0 Å². The number of rotatable bonds is 4. The highest BCUT2D eigenvalue weighted by molar-refractivity contribution is 5.73. The number of hydrogen-bond donors (Lipinski definition) is 2. The maximum Gasteiger partial charge on any atom is 0.173 e. The number of benzene rings is 2. The highest BCUT2D eigenvalue weighted by Crippen LogP contribution is 2.37. The summed E-state index contributed by atoms with van der Waals surface area (Å²) in [5.74, 6) is 1.12. The van der Waals surface area contributed by atoms with Crippen LogP contribution in [0.1, 0.15) is 0 Å². The second kappa shape index (κ2) is 5.77. The molecule has 112 valence electrons. The first-order valence-electron chi connectivity index (χ1n) is 6.52. The van der Waals surface area contributed by atoms with E-state index in [-0.39, 0.29) is 11.6 Å². The fourth-order valence-electron chi connectivity index (χ4n) is 2.02. The number of phenols is 1. The number of H-pyrrole nitrogens is 1. The maximum atomic E-state index is 12.9. The third-order valence-electron chi connectivity index (χ3n) is 3.11. The molecule has 3 rings (SSSR count). The molecular formula is C16H13FN2O3. The number of nitrogens with one attached hydrogen (secondary N) is 1. The predicted octanol–water partition coefficient (Wildman–Crippen LogP) is 3.72. The Morgan fingerprint density at radius 1 is 1.09 bits per heavy atom. The van der Waals surface area contributed by atoms with Crippen LogP contribution in [0.3, 0.4) is 0 Å². The number of halogens is 1. The van der Waals surface area contributed by atoms with Gasteiger partial charge in [0.15, 0.2) is 5.75 Å². The van der Waals surface area contributed by atoms with Crippen molar-refractivity contribution in [3.05, 3.63) is 54.5 Å². The topological polar surface area (TPSA) is 67.4 Å². The minimum atomic E-state index is -0.340. The Balaban J connectivity index is 1.93. The van der Waals surface area contributed by atoms with Gasteiger partial charge in [-0.25, -0.2) is 4.39 Å². The molecule has 5 nitrogen and oxygen atoms in total. The first kappa shape index (κ1) is 13.9. The van der Waals surface area contributed by atoms with E-state index >= 15 is 0 Å². The van der Waals surface area contributed by atoms with E-state index in [0.717, 1.165) is 0 Å². The standard InChI is InChI=1S/C16H13FN2O3/c1-21-12-6-7-13(14(20)8-12)16-15(9-18-19-16)22-11-4-2-10(17)3-5-11/h2-9,20H,1H3,(H,18,19). The second-order valence-corrected chi connectivity index (χ2v) is 4.54. The average molecular weight is 300 g/mol. The molecule has 0 aliphatic rings. The largest absolute Gasteiger partial charge is 0.507 e. The first-order valence-corrected chi connectivity index (χ1v) is 6.52. The lowest BCUT2D eigenvalue weighted by atomic mass is 10.1. The maximum absolute atomic E-state index is 12.9. The third kappa shape index (κ3) is 2.71. The van der Waals surface area contributed by atoms with Gasteiger partial charge < -0.3 is 14.6 Å². The van der Waals surface area contributed by atoms with Crippen LogP contribution in [-0.2, 0) is 0 Å². The van der Waals surface area contributed by atoms with E-state index in [2.05, 4.69) is 10.2 Å². The fourth-order valence-corrected chi connectivity index (χ4v) is 2.02. The molecule has 6 heteroatoms. The van der Waals surface area contributed by atoms with Crippen molar-refractivity contribution in [2.24, 2.45) is 0 Å². The van der Waals surface area contributed by atoms with Crippen molar-refractivity contribution in [3.63, 3.8) is 0 Å². The van der Waals surface area contributed by atoms with Crippen molar-refractivity contribution in [1.29, 1.82) is 0 Å². The molecule has 1 heterocycles. The van der Waals surface area contributed by atoms with Gasteiger partial charge in [-0.2, -0.15) is 5.10 Å². The van der Waals surface area contributed by atoms with E-state index in [9.17, 15) is 9.50 Å². The lowest BCUT2D eigenvalue weighted by Crippen LogP contribution is -1.88. The molecule has 0 fully saturated rings. The quantitative estimate of drug-likeness (QED) is 0.770.